The van der Waals surface area contributed by atoms with E-state index in [0.717, 1.165) is 26.8 Å². The summed E-state index contributed by atoms with van der Waals surface area (Å²) >= 11 is 18.5. The number of nitrogens with one attached hydrogen (secondary N) is 1. The number of carbonyl (C=O) groups excluding carboxylic acids is 3. The van der Waals surface area contributed by atoms with Crippen LogP contribution in [0.25, 0.3) is 16.8 Å². The molecule has 0 unspecified atom stereocenters. The van der Waals surface area contributed by atoms with Gasteiger partial charge < -0.3 is 0 Å². The molecule has 0 saturated carbocycles. The monoisotopic (exact) mass is 534 g/mol. The number of hydrogen-bond donors (Lipinski definition) is 1. The van der Waals surface area contributed by atoms with Crippen molar-refractivity contribution < 1.29 is 14.4 Å². The molecule has 0 atom stereocenters. The predicted octanol–water partition coefficient (Wildman–Crippen LogP) is 7.06. The van der Waals surface area contributed by atoms with Crippen LogP contribution in [-0.4, -0.2) is 17.8 Å². The summed E-state index contributed by atoms with van der Waals surface area (Å²) in [5.74, 6) is -1.54. The number of amides is 4. The minimum atomic E-state index is -0.866. The SMILES string of the molecule is O=C1NC(=O)N(c2ccc(Cl)c(Cl)c2)C(=O)/C1=C/c1c(Cc2ccccc2Cl)ccc2ccccc12. The molecular weight excluding hydrogens is 519 g/mol. The van der Waals surface area contributed by atoms with Gasteiger partial charge in [-0.05, 0) is 64.2 Å². The zero-order chi connectivity index (χ0) is 25.4. The Hall–Kier alpha value is -3.64. The maximum atomic E-state index is 13.5. The first-order valence-corrected chi connectivity index (χ1v) is 12.1. The first kappa shape index (κ1) is 24.1. The fourth-order valence-corrected chi connectivity index (χ4v) is 4.67. The lowest BCUT2D eigenvalue weighted by atomic mass is 9.92. The Labute approximate surface area is 221 Å². The Morgan fingerprint density at radius 3 is 2.28 bits per heavy atom. The molecule has 0 radical (unpaired) electrons. The van der Waals surface area contributed by atoms with Crippen molar-refractivity contribution >= 4 is 75.2 Å². The van der Waals surface area contributed by atoms with Crippen LogP contribution in [0.1, 0.15) is 16.7 Å². The Bertz CT molecular complexity index is 1600. The van der Waals surface area contributed by atoms with Gasteiger partial charge in [0.2, 0.25) is 0 Å². The molecular formula is C28H17Cl3N2O3. The lowest BCUT2D eigenvalue weighted by Crippen LogP contribution is -2.54. The summed E-state index contributed by atoms with van der Waals surface area (Å²) in [5, 5.41) is 5.11. The molecule has 5 rings (SSSR count). The van der Waals surface area contributed by atoms with Crippen molar-refractivity contribution in [2.75, 3.05) is 4.90 Å². The normalized spacial score (nSPS) is 15.0. The fourth-order valence-electron chi connectivity index (χ4n) is 4.17. The third kappa shape index (κ3) is 4.49. The van der Waals surface area contributed by atoms with Crippen LogP contribution < -0.4 is 10.2 Å². The zero-order valence-electron chi connectivity index (χ0n) is 18.6. The second-order valence-corrected chi connectivity index (χ2v) is 9.41. The van der Waals surface area contributed by atoms with Crippen molar-refractivity contribution in [3.05, 3.63) is 116 Å². The third-order valence-corrected chi connectivity index (χ3v) is 7.06. The number of hydrogen-bond acceptors (Lipinski definition) is 3. The van der Waals surface area contributed by atoms with E-state index in [-0.39, 0.29) is 21.3 Å². The van der Waals surface area contributed by atoms with Crippen molar-refractivity contribution in [2.24, 2.45) is 0 Å². The molecule has 1 heterocycles. The molecule has 4 aromatic rings. The Morgan fingerprint density at radius 1 is 0.750 bits per heavy atom. The molecule has 1 aliphatic rings. The number of nitrogens with zero attached hydrogens (tertiary/aromatic N) is 1. The van der Waals surface area contributed by atoms with Crippen LogP contribution in [-0.2, 0) is 16.0 Å². The molecule has 0 aliphatic carbocycles. The van der Waals surface area contributed by atoms with Gasteiger partial charge in [0.15, 0.2) is 0 Å². The smallest absolute Gasteiger partial charge is 0.273 e. The maximum absolute atomic E-state index is 13.5. The van der Waals surface area contributed by atoms with Gasteiger partial charge in [0.05, 0.1) is 15.7 Å². The van der Waals surface area contributed by atoms with E-state index in [9.17, 15) is 14.4 Å². The quantitative estimate of drug-likeness (QED) is 0.225. The van der Waals surface area contributed by atoms with E-state index in [1.807, 2.05) is 60.7 Å². The van der Waals surface area contributed by atoms with Gasteiger partial charge in [0, 0.05) is 5.02 Å². The van der Waals surface area contributed by atoms with Crippen LogP contribution in [0.4, 0.5) is 10.5 Å². The summed E-state index contributed by atoms with van der Waals surface area (Å²) in [7, 11) is 0. The summed E-state index contributed by atoms with van der Waals surface area (Å²) in [6, 6.07) is 22.6. The molecule has 1 N–H and O–H groups in total. The van der Waals surface area contributed by atoms with Crippen LogP contribution in [0, 0.1) is 0 Å². The van der Waals surface area contributed by atoms with E-state index in [0.29, 0.717) is 17.0 Å². The number of imide groups is 2. The highest BCUT2D eigenvalue weighted by Crippen LogP contribution is 2.32. The molecule has 0 spiro atoms. The van der Waals surface area contributed by atoms with Crippen LogP contribution in [0.15, 0.2) is 84.4 Å². The molecule has 36 heavy (non-hydrogen) atoms. The second-order valence-electron chi connectivity index (χ2n) is 8.18. The van der Waals surface area contributed by atoms with Gasteiger partial charge in [-0.15, -0.1) is 0 Å². The van der Waals surface area contributed by atoms with E-state index in [1.54, 1.807) is 0 Å². The lowest BCUT2D eigenvalue weighted by Gasteiger charge is -2.27. The van der Waals surface area contributed by atoms with Gasteiger partial charge in [-0.2, -0.15) is 0 Å². The number of urea groups is 1. The highest BCUT2D eigenvalue weighted by molar-refractivity contribution is 6.43. The molecule has 8 heteroatoms. The molecule has 5 nitrogen and oxygen atoms in total. The largest absolute Gasteiger partial charge is 0.335 e. The highest BCUT2D eigenvalue weighted by atomic mass is 35.5. The van der Waals surface area contributed by atoms with E-state index >= 15 is 0 Å². The van der Waals surface area contributed by atoms with E-state index < -0.39 is 17.8 Å². The predicted molar refractivity (Wildman–Crippen MR) is 144 cm³/mol. The van der Waals surface area contributed by atoms with Crippen molar-refractivity contribution in [1.82, 2.24) is 5.32 Å². The Balaban J connectivity index is 1.65. The van der Waals surface area contributed by atoms with Crippen molar-refractivity contribution in [1.29, 1.82) is 0 Å². The van der Waals surface area contributed by atoms with Crippen LogP contribution >= 0.6 is 34.8 Å². The number of halogens is 3. The van der Waals surface area contributed by atoms with Crippen molar-refractivity contribution in [3.63, 3.8) is 0 Å². The summed E-state index contributed by atoms with van der Waals surface area (Å²) in [6.45, 7) is 0. The number of barbiturate groups is 1. The molecule has 1 saturated heterocycles. The van der Waals surface area contributed by atoms with Gasteiger partial charge in [-0.1, -0.05) is 89.4 Å². The molecule has 1 aliphatic heterocycles. The minimum Gasteiger partial charge on any atom is -0.273 e. The average Bonchev–Trinajstić information content (AvgIpc) is 2.86. The van der Waals surface area contributed by atoms with Crippen LogP contribution in [0.5, 0.6) is 0 Å². The second kappa shape index (κ2) is 9.78. The van der Waals surface area contributed by atoms with Gasteiger partial charge in [-0.25, -0.2) is 9.69 Å². The first-order chi connectivity index (χ1) is 17.3. The summed E-state index contributed by atoms with van der Waals surface area (Å²) < 4.78 is 0. The number of carbonyl (C=O) groups is 3. The van der Waals surface area contributed by atoms with Crippen molar-refractivity contribution in [2.45, 2.75) is 6.42 Å². The molecule has 4 aromatic carbocycles. The van der Waals surface area contributed by atoms with Gasteiger partial charge >= 0.3 is 6.03 Å². The Kier molecular flexibility index (Phi) is 6.54. The number of fused-ring (bicyclic) bond motifs is 1. The summed E-state index contributed by atoms with van der Waals surface area (Å²) in [5.41, 5.74) is 2.47. The minimum absolute atomic E-state index is 0.174. The van der Waals surface area contributed by atoms with E-state index in [1.165, 1.54) is 24.3 Å². The van der Waals surface area contributed by atoms with Crippen molar-refractivity contribution in [3.8, 4) is 0 Å². The molecule has 4 amide bonds. The molecule has 0 bridgehead atoms. The van der Waals surface area contributed by atoms with Crippen LogP contribution in [0.2, 0.25) is 15.1 Å². The van der Waals surface area contributed by atoms with E-state index in [4.69, 9.17) is 34.8 Å². The number of benzene rings is 4. The highest BCUT2D eigenvalue weighted by Gasteiger charge is 2.37. The average molecular weight is 536 g/mol. The zero-order valence-corrected chi connectivity index (χ0v) is 20.9. The first-order valence-electron chi connectivity index (χ1n) is 10.9. The lowest BCUT2D eigenvalue weighted by molar-refractivity contribution is -0.122. The van der Waals surface area contributed by atoms with Gasteiger partial charge in [-0.3, -0.25) is 14.9 Å². The topological polar surface area (TPSA) is 66.5 Å². The summed E-state index contributed by atoms with van der Waals surface area (Å²) in [6.07, 6.45) is 2.01. The van der Waals surface area contributed by atoms with Crippen LogP contribution in [0.3, 0.4) is 0 Å². The van der Waals surface area contributed by atoms with Gasteiger partial charge in [0.1, 0.15) is 5.57 Å². The molecule has 178 valence electrons. The van der Waals surface area contributed by atoms with E-state index in [2.05, 4.69) is 5.32 Å². The standard InChI is InChI=1S/C28H17Cl3N2O3/c29-23-8-4-2-6-18(23)13-17-10-9-16-5-1-3-7-20(16)21(17)15-22-26(34)32-28(36)33(27(22)35)19-11-12-24(30)25(31)14-19/h1-12,14-15H,13H2,(H,32,34,36)/b22-15+. The molecule has 0 aromatic heterocycles. The fraction of sp³-hybridized carbons (Fsp3) is 0.0357. The maximum Gasteiger partial charge on any atom is 0.335 e. The number of anilines is 1. The summed E-state index contributed by atoms with van der Waals surface area (Å²) in [4.78, 5) is 39.8. The van der Waals surface area contributed by atoms with Gasteiger partial charge in [0.25, 0.3) is 11.8 Å². The third-order valence-electron chi connectivity index (χ3n) is 5.95. The number of rotatable bonds is 4. The Morgan fingerprint density at radius 2 is 1.50 bits per heavy atom. The molecule has 1 fully saturated rings.